The number of nitrogens with zero attached hydrogens (tertiary/aromatic N) is 2. The predicted octanol–water partition coefficient (Wildman–Crippen LogP) is 1.47. The molecule has 0 aromatic carbocycles. The van der Waals surface area contributed by atoms with Crippen LogP contribution in [0.3, 0.4) is 0 Å². The standard InChI is InChI=1S/C8H9N3/c1-5-7(4-9)8(11-10-5)6-2-3-6/h6H,2-3H2,1H3,(H,10,11). The third kappa shape index (κ3) is 0.911. The highest BCUT2D eigenvalue weighted by Crippen LogP contribution is 2.40. The summed E-state index contributed by atoms with van der Waals surface area (Å²) in [6.45, 7) is 1.89. The summed E-state index contributed by atoms with van der Waals surface area (Å²) in [4.78, 5) is 0. The second kappa shape index (κ2) is 2.09. The summed E-state index contributed by atoms with van der Waals surface area (Å²) < 4.78 is 0. The van der Waals surface area contributed by atoms with Gasteiger partial charge in [0.2, 0.25) is 0 Å². The van der Waals surface area contributed by atoms with Crippen LogP contribution in [-0.4, -0.2) is 10.2 Å². The van der Waals surface area contributed by atoms with Crippen LogP contribution in [0.25, 0.3) is 0 Å². The average molecular weight is 147 g/mol. The minimum atomic E-state index is 0.564. The molecule has 0 spiro atoms. The Morgan fingerprint density at radius 1 is 1.64 bits per heavy atom. The molecule has 0 atom stereocenters. The summed E-state index contributed by atoms with van der Waals surface area (Å²) in [5, 5.41) is 15.7. The topological polar surface area (TPSA) is 52.5 Å². The van der Waals surface area contributed by atoms with Crippen LogP contribution in [0.15, 0.2) is 0 Å². The molecule has 0 radical (unpaired) electrons. The Balaban J connectivity index is 2.47. The Morgan fingerprint density at radius 3 is 2.91 bits per heavy atom. The van der Waals surface area contributed by atoms with Crippen molar-refractivity contribution in [3.8, 4) is 6.07 Å². The van der Waals surface area contributed by atoms with E-state index in [2.05, 4.69) is 16.3 Å². The highest BCUT2D eigenvalue weighted by Gasteiger charge is 2.29. The maximum Gasteiger partial charge on any atom is 0.103 e. The van der Waals surface area contributed by atoms with Crippen molar-refractivity contribution in [2.24, 2.45) is 0 Å². The number of aromatic amines is 1. The van der Waals surface area contributed by atoms with Gasteiger partial charge in [0, 0.05) is 5.92 Å². The Morgan fingerprint density at radius 2 is 2.36 bits per heavy atom. The van der Waals surface area contributed by atoms with Gasteiger partial charge in [0.1, 0.15) is 6.07 Å². The molecule has 0 unspecified atom stereocenters. The minimum absolute atomic E-state index is 0.564. The molecule has 1 N–H and O–H groups in total. The first kappa shape index (κ1) is 6.41. The van der Waals surface area contributed by atoms with E-state index in [0.29, 0.717) is 5.92 Å². The van der Waals surface area contributed by atoms with Crippen LogP contribution in [0.2, 0.25) is 0 Å². The van der Waals surface area contributed by atoms with Crippen LogP contribution in [0.5, 0.6) is 0 Å². The van der Waals surface area contributed by atoms with Crippen molar-refractivity contribution in [3.05, 3.63) is 17.0 Å². The predicted molar refractivity (Wildman–Crippen MR) is 40.0 cm³/mol. The summed E-state index contributed by atoms with van der Waals surface area (Å²) in [6, 6.07) is 2.17. The molecule has 0 aliphatic heterocycles. The molecular weight excluding hydrogens is 138 g/mol. The monoisotopic (exact) mass is 147 g/mol. The van der Waals surface area contributed by atoms with Gasteiger partial charge in [-0.3, -0.25) is 5.10 Å². The Labute approximate surface area is 65.0 Å². The van der Waals surface area contributed by atoms with Gasteiger partial charge in [-0.1, -0.05) is 0 Å². The highest BCUT2D eigenvalue weighted by molar-refractivity contribution is 5.40. The highest BCUT2D eigenvalue weighted by atomic mass is 15.1. The number of nitrogens with one attached hydrogen (secondary N) is 1. The second-order valence-corrected chi connectivity index (χ2v) is 2.99. The van der Waals surface area contributed by atoms with E-state index in [9.17, 15) is 0 Å². The first-order chi connectivity index (χ1) is 5.33. The van der Waals surface area contributed by atoms with Crippen LogP contribution in [0.4, 0.5) is 0 Å². The van der Waals surface area contributed by atoms with E-state index in [1.165, 1.54) is 12.8 Å². The smallest absolute Gasteiger partial charge is 0.103 e. The molecule has 1 aromatic rings. The fourth-order valence-corrected chi connectivity index (χ4v) is 1.24. The quantitative estimate of drug-likeness (QED) is 0.653. The number of hydrogen-bond donors (Lipinski definition) is 1. The molecule has 1 aliphatic rings. The number of rotatable bonds is 1. The van der Waals surface area contributed by atoms with Crippen LogP contribution in [0, 0.1) is 18.3 Å². The molecule has 1 fully saturated rings. The van der Waals surface area contributed by atoms with Crippen LogP contribution >= 0.6 is 0 Å². The Kier molecular flexibility index (Phi) is 1.22. The van der Waals surface area contributed by atoms with E-state index in [0.717, 1.165) is 17.0 Å². The third-order valence-electron chi connectivity index (χ3n) is 2.05. The number of aryl methyl sites for hydroxylation is 1. The van der Waals surface area contributed by atoms with Crippen LogP contribution in [0.1, 0.15) is 35.7 Å². The molecule has 1 heterocycles. The fourth-order valence-electron chi connectivity index (χ4n) is 1.24. The lowest BCUT2D eigenvalue weighted by Gasteiger charge is -1.88. The maximum absolute atomic E-state index is 8.75. The molecule has 3 nitrogen and oxygen atoms in total. The van der Waals surface area contributed by atoms with E-state index >= 15 is 0 Å². The number of nitriles is 1. The van der Waals surface area contributed by atoms with Crippen molar-refractivity contribution in [3.63, 3.8) is 0 Å². The first-order valence-corrected chi connectivity index (χ1v) is 3.78. The van der Waals surface area contributed by atoms with Gasteiger partial charge < -0.3 is 0 Å². The second-order valence-electron chi connectivity index (χ2n) is 2.99. The van der Waals surface area contributed by atoms with E-state index < -0.39 is 0 Å². The van der Waals surface area contributed by atoms with Gasteiger partial charge in [0.05, 0.1) is 17.0 Å². The summed E-state index contributed by atoms with van der Waals surface area (Å²) in [7, 11) is 0. The van der Waals surface area contributed by atoms with Crippen molar-refractivity contribution in [2.45, 2.75) is 25.7 Å². The summed E-state index contributed by atoms with van der Waals surface area (Å²) in [5.41, 5.74) is 2.63. The van der Waals surface area contributed by atoms with Gasteiger partial charge in [-0.05, 0) is 19.8 Å². The average Bonchev–Trinajstić information content (AvgIpc) is 2.76. The van der Waals surface area contributed by atoms with Gasteiger partial charge in [0.25, 0.3) is 0 Å². The van der Waals surface area contributed by atoms with Gasteiger partial charge in [-0.15, -0.1) is 0 Å². The zero-order valence-electron chi connectivity index (χ0n) is 6.39. The maximum atomic E-state index is 8.75. The van der Waals surface area contributed by atoms with Crippen molar-refractivity contribution in [2.75, 3.05) is 0 Å². The minimum Gasteiger partial charge on any atom is -0.281 e. The normalized spacial score (nSPS) is 16.4. The number of H-pyrrole nitrogens is 1. The lowest BCUT2D eigenvalue weighted by molar-refractivity contribution is 0.953. The molecule has 1 aliphatic carbocycles. The van der Waals surface area contributed by atoms with E-state index in [1.807, 2.05) is 6.92 Å². The van der Waals surface area contributed by atoms with Gasteiger partial charge in [0.15, 0.2) is 0 Å². The lowest BCUT2D eigenvalue weighted by atomic mass is 10.1. The number of aromatic nitrogens is 2. The summed E-state index contributed by atoms with van der Waals surface area (Å²) >= 11 is 0. The molecule has 3 heteroatoms. The van der Waals surface area contributed by atoms with Gasteiger partial charge >= 0.3 is 0 Å². The summed E-state index contributed by atoms with van der Waals surface area (Å²) in [5.74, 6) is 0.564. The van der Waals surface area contributed by atoms with Gasteiger partial charge in [-0.2, -0.15) is 10.4 Å². The van der Waals surface area contributed by atoms with Crippen molar-refractivity contribution >= 4 is 0 Å². The third-order valence-corrected chi connectivity index (χ3v) is 2.05. The Hall–Kier alpha value is -1.30. The zero-order chi connectivity index (χ0) is 7.84. The molecular formula is C8H9N3. The largest absolute Gasteiger partial charge is 0.281 e. The molecule has 0 bridgehead atoms. The lowest BCUT2D eigenvalue weighted by Crippen LogP contribution is -1.83. The Bertz CT molecular complexity index is 315. The van der Waals surface area contributed by atoms with Crippen LogP contribution in [-0.2, 0) is 0 Å². The summed E-state index contributed by atoms with van der Waals surface area (Å²) in [6.07, 6.45) is 2.39. The molecule has 0 amide bonds. The molecule has 11 heavy (non-hydrogen) atoms. The number of hydrogen-bond acceptors (Lipinski definition) is 2. The molecule has 1 saturated carbocycles. The van der Waals surface area contributed by atoms with E-state index in [-0.39, 0.29) is 0 Å². The molecule has 2 rings (SSSR count). The zero-order valence-corrected chi connectivity index (χ0v) is 6.39. The van der Waals surface area contributed by atoms with Crippen molar-refractivity contribution < 1.29 is 0 Å². The van der Waals surface area contributed by atoms with E-state index in [1.54, 1.807) is 0 Å². The fraction of sp³-hybridized carbons (Fsp3) is 0.500. The van der Waals surface area contributed by atoms with E-state index in [4.69, 9.17) is 5.26 Å². The van der Waals surface area contributed by atoms with Crippen molar-refractivity contribution in [1.82, 2.24) is 10.2 Å². The van der Waals surface area contributed by atoms with Crippen molar-refractivity contribution in [1.29, 1.82) is 5.26 Å². The molecule has 1 aromatic heterocycles. The first-order valence-electron chi connectivity index (χ1n) is 3.78. The molecule has 56 valence electrons. The van der Waals surface area contributed by atoms with Crippen LogP contribution < -0.4 is 0 Å². The van der Waals surface area contributed by atoms with Gasteiger partial charge in [-0.25, -0.2) is 0 Å². The molecule has 0 saturated heterocycles. The SMILES string of the molecule is Cc1[nH]nc(C2CC2)c1C#N.